The van der Waals surface area contributed by atoms with Gasteiger partial charge < -0.3 is 10.6 Å². The van der Waals surface area contributed by atoms with Crippen molar-refractivity contribution in [2.45, 2.75) is 25.3 Å². The SMILES string of the molecule is Cc1cc(C(=O)N[C@@H]2CNCC[C@H]2c2ccc(F)c(F)c2)ccc1-c1c(Br)cnn1C.Cl. The number of hydrogen-bond acceptors (Lipinski definition) is 3. The Bertz CT molecular complexity index is 1120. The number of halogens is 4. The third kappa shape index (κ3) is 4.87. The van der Waals surface area contributed by atoms with Gasteiger partial charge in [0.15, 0.2) is 11.6 Å². The maximum absolute atomic E-state index is 13.8. The summed E-state index contributed by atoms with van der Waals surface area (Å²) >= 11 is 3.52. The fraction of sp³-hybridized carbons (Fsp3) is 0.304. The van der Waals surface area contributed by atoms with E-state index in [-0.39, 0.29) is 30.3 Å². The number of piperidine rings is 1. The van der Waals surface area contributed by atoms with Crippen LogP contribution in [0.4, 0.5) is 8.78 Å². The molecule has 2 aromatic carbocycles. The lowest BCUT2D eigenvalue weighted by molar-refractivity contribution is 0.0924. The van der Waals surface area contributed by atoms with Crippen molar-refractivity contribution in [3.05, 3.63) is 75.4 Å². The predicted octanol–water partition coefficient (Wildman–Crippen LogP) is 4.73. The van der Waals surface area contributed by atoms with Crippen molar-refractivity contribution in [2.75, 3.05) is 13.1 Å². The Morgan fingerprint density at radius 2 is 2.00 bits per heavy atom. The van der Waals surface area contributed by atoms with Crippen LogP contribution in [-0.2, 0) is 7.05 Å². The zero-order valence-electron chi connectivity index (χ0n) is 17.7. The summed E-state index contributed by atoms with van der Waals surface area (Å²) in [6.07, 6.45) is 2.46. The standard InChI is InChI=1S/C23H23BrF2N4O.ClH/c1-13-9-15(3-5-16(13)22-18(24)11-28-30(22)2)23(31)29-21-12-27-8-7-17(21)14-4-6-19(25)20(26)10-14;/h3-6,9-11,17,21,27H,7-8,12H2,1-2H3,(H,29,31);1H/t17-,21+;/m0./s1. The van der Waals surface area contributed by atoms with E-state index in [2.05, 4.69) is 31.7 Å². The summed E-state index contributed by atoms with van der Waals surface area (Å²) < 4.78 is 29.8. The normalized spacial score (nSPS) is 18.2. The summed E-state index contributed by atoms with van der Waals surface area (Å²) in [4.78, 5) is 13.0. The summed E-state index contributed by atoms with van der Waals surface area (Å²) in [5.74, 6) is -2.02. The van der Waals surface area contributed by atoms with Gasteiger partial charge in [-0.05, 0) is 71.2 Å². The topological polar surface area (TPSA) is 59.0 Å². The number of rotatable bonds is 4. The van der Waals surface area contributed by atoms with Gasteiger partial charge in [0.25, 0.3) is 5.91 Å². The maximum Gasteiger partial charge on any atom is 0.251 e. The molecule has 0 bridgehead atoms. The van der Waals surface area contributed by atoms with Crippen LogP contribution in [0.1, 0.15) is 33.8 Å². The first kappa shape index (κ1) is 24.4. The smallest absolute Gasteiger partial charge is 0.251 e. The number of nitrogens with one attached hydrogen (secondary N) is 2. The largest absolute Gasteiger partial charge is 0.347 e. The van der Waals surface area contributed by atoms with Crippen LogP contribution >= 0.6 is 28.3 Å². The molecule has 0 radical (unpaired) electrons. The van der Waals surface area contributed by atoms with Crippen molar-refractivity contribution in [3.63, 3.8) is 0 Å². The van der Waals surface area contributed by atoms with E-state index in [1.54, 1.807) is 23.0 Å². The molecule has 170 valence electrons. The van der Waals surface area contributed by atoms with Crippen molar-refractivity contribution in [1.82, 2.24) is 20.4 Å². The maximum atomic E-state index is 13.8. The quantitative estimate of drug-likeness (QED) is 0.518. The number of carbonyl (C=O) groups excluding carboxylic acids is 1. The first-order chi connectivity index (χ1) is 14.8. The van der Waals surface area contributed by atoms with Gasteiger partial charge in [0.2, 0.25) is 0 Å². The van der Waals surface area contributed by atoms with Gasteiger partial charge >= 0.3 is 0 Å². The second-order valence-corrected chi connectivity index (χ2v) is 8.70. The van der Waals surface area contributed by atoms with Gasteiger partial charge in [-0.1, -0.05) is 12.1 Å². The highest BCUT2D eigenvalue weighted by molar-refractivity contribution is 9.10. The van der Waals surface area contributed by atoms with Crippen LogP contribution in [0.5, 0.6) is 0 Å². The van der Waals surface area contributed by atoms with Crippen LogP contribution in [0.15, 0.2) is 47.1 Å². The predicted molar refractivity (Wildman–Crippen MR) is 126 cm³/mol. The zero-order valence-corrected chi connectivity index (χ0v) is 20.1. The highest BCUT2D eigenvalue weighted by Gasteiger charge is 2.29. The Morgan fingerprint density at radius 3 is 2.66 bits per heavy atom. The molecule has 1 amide bonds. The molecule has 4 rings (SSSR count). The molecular weight excluding hydrogens is 502 g/mol. The Morgan fingerprint density at radius 1 is 1.22 bits per heavy atom. The first-order valence-electron chi connectivity index (χ1n) is 10.1. The minimum atomic E-state index is -0.867. The summed E-state index contributed by atoms with van der Waals surface area (Å²) in [5.41, 5.74) is 4.13. The van der Waals surface area contributed by atoms with Gasteiger partial charge in [-0.2, -0.15) is 5.10 Å². The summed E-state index contributed by atoms with van der Waals surface area (Å²) in [6.45, 7) is 3.27. The number of aryl methyl sites for hydroxylation is 2. The molecule has 1 fully saturated rings. The molecule has 2 heterocycles. The molecule has 2 N–H and O–H groups in total. The van der Waals surface area contributed by atoms with Crippen LogP contribution in [0.3, 0.4) is 0 Å². The molecule has 2 atom stereocenters. The van der Waals surface area contributed by atoms with Gasteiger partial charge in [0, 0.05) is 36.7 Å². The third-order valence-electron chi connectivity index (χ3n) is 5.81. The van der Waals surface area contributed by atoms with Crippen LogP contribution in [0.25, 0.3) is 11.3 Å². The molecule has 0 aliphatic carbocycles. The monoisotopic (exact) mass is 524 g/mol. The fourth-order valence-electron chi connectivity index (χ4n) is 4.19. The molecule has 0 unspecified atom stereocenters. The molecule has 0 spiro atoms. The fourth-order valence-corrected chi connectivity index (χ4v) is 4.75. The van der Waals surface area contributed by atoms with Gasteiger partial charge in [0.1, 0.15) is 0 Å². The number of hydrogen-bond donors (Lipinski definition) is 2. The molecule has 9 heteroatoms. The number of carbonyl (C=O) groups is 1. The van der Waals surface area contributed by atoms with Gasteiger partial charge in [-0.3, -0.25) is 9.48 Å². The number of aromatic nitrogens is 2. The Kier molecular flexibility index (Phi) is 7.69. The van der Waals surface area contributed by atoms with Crippen molar-refractivity contribution < 1.29 is 13.6 Å². The number of nitrogens with zero attached hydrogens (tertiary/aromatic N) is 2. The van der Waals surface area contributed by atoms with E-state index in [1.165, 1.54) is 6.07 Å². The Balaban J connectivity index is 0.00000289. The van der Waals surface area contributed by atoms with E-state index < -0.39 is 11.6 Å². The Hall–Kier alpha value is -2.29. The minimum absolute atomic E-state index is 0. The summed E-state index contributed by atoms with van der Waals surface area (Å²) in [7, 11) is 1.87. The van der Waals surface area contributed by atoms with E-state index in [0.29, 0.717) is 17.7 Å². The minimum Gasteiger partial charge on any atom is -0.347 e. The number of benzene rings is 2. The first-order valence-corrected chi connectivity index (χ1v) is 10.9. The number of amides is 1. The highest BCUT2D eigenvalue weighted by atomic mass is 79.9. The van der Waals surface area contributed by atoms with E-state index >= 15 is 0 Å². The van der Waals surface area contributed by atoms with Crippen LogP contribution in [0, 0.1) is 18.6 Å². The van der Waals surface area contributed by atoms with E-state index in [0.717, 1.165) is 40.3 Å². The third-order valence-corrected chi connectivity index (χ3v) is 6.39. The molecule has 3 aromatic rings. The van der Waals surface area contributed by atoms with Crippen LogP contribution < -0.4 is 10.6 Å². The summed E-state index contributed by atoms with van der Waals surface area (Å²) in [5, 5.41) is 10.6. The molecule has 1 aromatic heterocycles. The van der Waals surface area contributed by atoms with Crippen LogP contribution in [0.2, 0.25) is 0 Å². The van der Waals surface area contributed by atoms with Crippen molar-refractivity contribution >= 4 is 34.2 Å². The van der Waals surface area contributed by atoms with Crippen molar-refractivity contribution in [2.24, 2.45) is 7.05 Å². The van der Waals surface area contributed by atoms with E-state index in [1.807, 2.05) is 26.1 Å². The molecule has 5 nitrogen and oxygen atoms in total. The lowest BCUT2D eigenvalue weighted by Gasteiger charge is -2.33. The second-order valence-electron chi connectivity index (χ2n) is 7.85. The highest BCUT2D eigenvalue weighted by Crippen LogP contribution is 2.31. The lowest BCUT2D eigenvalue weighted by atomic mass is 9.85. The van der Waals surface area contributed by atoms with E-state index in [4.69, 9.17) is 0 Å². The lowest BCUT2D eigenvalue weighted by Crippen LogP contribution is -2.50. The Labute approximate surface area is 200 Å². The average molecular weight is 526 g/mol. The molecule has 1 aliphatic rings. The average Bonchev–Trinajstić information content (AvgIpc) is 3.08. The molecule has 1 saturated heterocycles. The van der Waals surface area contributed by atoms with Crippen molar-refractivity contribution in [1.29, 1.82) is 0 Å². The van der Waals surface area contributed by atoms with Gasteiger partial charge in [-0.15, -0.1) is 12.4 Å². The second kappa shape index (κ2) is 10.1. The molecule has 1 aliphatic heterocycles. The molecular formula is C23H24BrClF2N4O. The molecule has 32 heavy (non-hydrogen) atoms. The van der Waals surface area contributed by atoms with Gasteiger partial charge in [0.05, 0.1) is 16.4 Å². The molecule has 0 saturated carbocycles. The van der Waals surface area contributed by atoms with E-state index in [9.17, 15) is 13.6 Å². The van der Waals surface area contributed by atoms with Crippen molar-refractivity contribution in [3.8, 4) is 11.3 Å². The zero-order chi connectivity index (χ0) is 22.1. The summed E-state index contributed by atoms with van der Waals surface area (Å²) in [6, 6.07) is 9.31. The van der Waals surface area contributed by atoms with Crippen LogP contribution in [-0.4, -0.2) is 34.8 Å². The van der Waals surface area contributed by atoms with Gasteiger partial charge in [-0.25, -0.2) is 8.78 Å².